The molecular weight excluding hydrogens is 1230 g/mol. The first kappa shape index (κ1) is 39.7. The van der Waals surface area contributed by atoms with Gasteiger partial charge >= 0.3 is 11.9 Å². The molecule has 228 valence electrons. The van der Waals surface area contributed by atoms with Crippen LogP contribution in [0.1, 0.15) is 59.5 Å². The van der Waals surface area contributed by atoms with E-state index in [9.17, 15) is 39.0 Å². The number of carboxylic acid groups (broad SMARTS) is 2. The highest BCUT2D eigenvalue weighted by molar-refractivity contribution is 14.1. The molecule has 0 bridgehead atoms. The van der Waals surface area contributed by atoms with Crippen LogP contribution in [0.5, 0.6) is 0 Å². The van der Waals surface area contributed by atoms with Gasteiger partial charge in [0.2, 0.25) is 23.6 Å². The summed E-state index contributed by atoms with van der Waals surface area (Å²) in [6, 6.07) is 0. The van der Waals surface area contributed by atoms with Crippen molar-refractivity contribution in [2.75, 3.05) is 10.6 Å². The molecule has 18 heteroatoms. The molecule has 0 saturated heterocycles. The monoisotopic (exact) mass is 1260 g/mol. The Morgan fingerprint density at radius 2 is 0.786 bits per heavy atom. The highest BCUT2D eigenvalue weighted by Gasteiger charge is 2.26. The van der Waals surface area contributed by atoms with Gasteiger partial charge in [0.1, 0.15) is 0 Å². The van der Waals surface area contributed by atoms with Gasteiger partial charge in [-0.05, 0) is 136 Å². The van der Waals surface area contributed by atoms with Crippen LogP contribution in [0.15, 0.2) is 0 Å². The minimum Gasteiger partial charge on any atom is -0.478 e. The van der Waals surface area contributed by atoms with Crippen molar-refractivity contribution in [3.63, 3.8) is 0 Å². The quantitative estimate of drug-likeness (QED) is 0.185. The van der Waals surface area contributed by atoms with Crippen molar-refractivity contribution in [1.82, 2.24) is 10.6 Å². The van der Waals surface area contributed by atoms with Crippen LogP contribution in [0.25, 0.3) is 0 Å². The van der Waals surface area contributed by atoms with E-state index in [2.05, 4.69) is 21.3 Å². The van der Waals surface area contributed by atoms with Crippen LogP contribution in [0, 0.1) is 21.4 Å². The first-order valence-corrected chi connectivity index (χ1v) is 17.7. The van der Waals surface area contributed by atoms with Crippen molar-refractivity contribution in [3.05, 3.63) is 43.7 Å². The van der Waals surface area contributed by atoms with E-state index in [4.69, 9.17) is 0 Å². The van der Waals surface area contributed by atoms with Crippen LogP contribution >= 0.6 is 136 Å². The molecule has 12 nitrogen and oxygen atoms in total. The number of hydrogen-bond donors (Lipinski definition) is 6. The number of halogens is 6. The number of anilines is 2. The summed E-state index contributed by atoms with van der Waals surface area (Å²) >= 11 is 11.8. The van der Waals surface area contributed by atoms with Gasteiger partial charge in [-0.15, -0.1) is 0 Å². The van der Waals surface area contributed by atoms with Crippen LogP contribution in [-0.4, -0.2) is 45.8 Å². The number of aromatic carboxylic acids is 2. The Morgan fingerprint density at radius 1 is 0.500 bits per heavy atom. The molecule has 0 aromatic heterocycles. The molecule has 0 radical (unpaired) electrons. The summed E-state index contributed by atoms with van der Waals surface area (Å²) in [7, 11) is 0. The van der Waals surface area contributed by atoms with Crippen LogP contribution in [-0.2, 0) is 32.3 Å². The fourth-order valence-electron chi connectivity index (χ4n) is 3.11. The molecule has 0 aliphatic carbocycles. The molecular formula is C24H22I6N4O8. The lowest BCUT2D eigenvalue weighted by atomic mass is 10.1. The number of rotatable bonds is 8. The third kappa shape index (κ3) is 10.9. The van der Waals surface area contributed by atoms with Crippen molar-refractivity contribution >= 4 is 182 Å². The first-order valence-electron chi connectivity index (χ1n) is 11.2. The van der Waals surface area contributed by atoms with Crippen molar-refractivity contribution < 1.29 is 39.0 Å². The second kappa shape index (κ2) is 18.0. The number of carbonyl (C=O) groups is 6. The molecule has 0 unspecified atom stereocenters. The summed E-state index contributed by atoms with van der Waals surface area (Å²) in [4.78, 5) is 67.8. The predicted octanol–water partition coefficient (Wildman–Crippen LogP) is 5.59. The summed E-state index contributed by atoms with van der Waals surface area (Å²) in [5.74, 6) is -3.13. The second-order valence-electron chi connectivity index (χ2n) is 8.13. The minimum atomic E-state index is -1.07. The molecule has 4 amide bonds. The summed E-state index contributed by atoms with van der Waals surface area (Å²) < 4.78 is 3.48. The van der Waals surface area contributed by atoms with E-state index in [1.807, 2.05) is 136 Å². The van der Waals surface area contributed by atoms with Crippen molar-refractivity contribution in [2.24, 2.45) is 0 Å². The van der Waals surface area contributed by atoms with E-state index in [0.717, 1.165) is 7.14 Å². The Hall–Kier alpha value is -0.360. The number of nitrogens with one attached hydrogen (secondary N) is 4. The molecule has 0 spiro atoms. The van der Waals surface area contributed by atoms with Crippen molar-refractivity contribution in [2.45, 2.75) is 40.8 Å². The van der Waals surface area contributed by atoms with E-state index in [1.54, 1.807) is 0 Å². The van der Waals surface area contributed by atoms with Crippen molar-refractivity contribution in [1.29, 1.82) is 0 Å². The number of hydrogen-bond acceptors (Lipinski definition) is 6. The molecule has 0 aliphatic heterocycles. The maximum Gasteiger partial charge on any atom is 0.337 e. The fraction of sp³-hybridized carbons (Fsp3) is 0.250. The fourth-order valence-corrected chi connectivity index (χ4v) is 11.7. The van der Waals surface area contributed by atoms with Crippen LogP contribution in [0.3, 0.4) is 0 Å². The van der Waals surface area contributed by atoms with Crippen LogP contribution in [0.2, 0.25) is 0 Å². The lowest BCUT2D eigenvalue weighted by Gasteiger charge is -2.18. The van der Waals surface area contributed by atoms with Gasteiger partial charge in [-0.3, -0.25) is 19.2 Å². The zero-order chi connectivity index (χ0) is 32.6. The predicted molar refractivity (Wildman–Crippen MR) is 207 cm³/mol. The van der Waals surface area contributed by atoms with Gasteiger partial charge in [0, 0.05) is 66.2 Å². The highest BCUT2D eigenvalue weighted by Crippen LogP contribution is 2.37. The molecule has 2 rings (SSSR count). The Bertz CT molecular complexity index is 1370. The SMILES string of the molecule is CC(=O)NCc1c(I)c(NC(C)=O)c(I)c(C(=O)O)c1I.CC(=O)NCc1c(I)c(NC(C)=O)c(I)c(C(=O)O)c1I. The number of carboxylic acids is 2. The van der Waals surface area contributed by atoms with Crippen LogP contribution in [0.4, 0.5) is 11.4 Å². The molecule has 0 atom stereocenters. The molecule has 0 aliphatic rings. The lowest BCUT2D eigenvalue weighted by Crippen LogP contribution is -2.23. The van der Waals surface area contributed by atoms with E-state index < -0.39 is 11.9 Å². The average molecular weight is 1260 g/mol. The standard InChI is InChI=1S/2C12H11I3N2O4/c2*1-4(18)16-3-6-8(13)7(12(20)21)10(15)11(9(6)14)17-5(2)19/h2*3H2,1-2H3,(H,16,18)(H,17,19)(H,20,21). The molecule has 42 heavy (non-hydrogen) atoms. The van der Waals surface area contributed by atoms with Gasteiger partial charge in [0.15, 0.2) is 0 Å². The molecule has 2 aromatic rings. The molecule has 0 fully saturated rings. The number of benzene rings is 2. The number of carbonyl (C=O) groups excluding carboxylic acids is 4. The summed E-state index contributed by atoms with van der Waals surface area (Å²) in [6.45, 7) is 5.90. The summed E-state index contributed by atoms with van der Waals surface area (Å²) in [5, 5.41) is 29.4. The van der Waals surface area contributed by atoms with Gasteiger partial charge in [0.25, 0.3) is 0 Å². The molecule has 6 N–H and O–H groups in total. The van der Waals surface area contributed by atoms with Gasteiger partial charge in [0.05, 0.1) is 29.6 Å². The Kier molecular flexibility index (Phi) is 17.0. The molecule has 2 aromatic carbocycles. The van der Waals surface area contributed by atoms with E-state index >= 15 is 0 Å². The summed E-state index contributed by atoms with van der Waals surface area (Å²) in [5.41, 5.74) is 2.52. The van der Waals surface area contributed by atoms with E-state index in [0.29, 0.717) is 36.8 Å². The minimum absolute atomic E-state index is 0.126. The third-order valence-corrected chi connectivity index (χ3v) is 11.8. The van der Waals surface area contributed by atoms with Gasteiger partial charge in [-0.1, -0.05) is 0 Å². The Morgan fingerprint density at radius 3 is 1.00 bits per heavy atom. The maximum atomic E-state index is 11.5. The van der Waals surface area contributed by atoms with Gasteiger partial charge in [-0.25, -0.2) is 9.59 Å². The number of amides is 4. The molecule has 0 heterocycles. The van der Waals surface area contributed by atoms with E-state index in [-0.39, 0.29) is 47.8 Å². The summed E-state index contributed by atoms with van der Waals surface area (Å²) in [6.07, 6.45) is 0. The smallest absolute Gasteiger partial charge is 0.337 e. The second-order valence-corrected chi connectivity index (χ2v) is 14.6. The van der Waals surface area contributed by atoms with E-state index in [1.165, 1.54) is 27.7 Å². The average Bonchev–Trinajstić information content (AvgIpc) is 2.83. The lowest BCUT2D eigenvalue weighted by molar-refractivity contribution is -0.120. The topological polar surface area (TPSA) is 191 Å². The Balaban J connectivity index is 0.000000420. The normalized spacial score (nSPS) is 10.1. The highest BCUT2D eigenvalue weighted by atomic mass is 127. The third-order valence-electron chi connectivity index (χ3n) is 4.87. The zero-order valence-corrected chi connectivity index (χ0v) is 35.0. The first-order chi connectivity index (χ1) is 19.3. The van der Waals surface area contributed by atoms with Crippen LogP contribution < -0.4 is 21.3 Å². The Labute approximate surface area is 322 Å². The maximum absolute atomic E-state index is 11.5. The van der Waals surface area contributed by atoms with Crippen molar-refractivity contribution in [3.8, 4) is 0 Å². The molecule has 0 saturated carbocycles. The largest absolute Gasteiger partial charge is 0.478 e. The van der Waals surface area contributed by atoms with Gasteiger partial charge in [-0.2, -0.15) is 0 Å². The van der Waals surface area contributed by atoms with Gasteiger partial charge < -0.3 is 31.5 Å². The zero-order valence-electron chi connectivity index (χ0n) is 22.0.